The summed E-state index contributed by atoms with van der Waals surface area (Å²) >= 11 is 1.56. The van der Waals surface area contributed by atoms with Crippen LogP contribution < -0.4 is 5.73 Å². The summed E-state index contributed by atoms with van der Waals surface area (Å²) < 4.78 is 0. The number of ketones is 1. The van der Waals surface area contributed by atoms with Crippen molar-refractivity contribution in [2.75, 3.05) is 14.1 Å². The zero-order chi connectivity index (χ0) is 15.9. The van der Waals surface area contributed by atoms with Gasteiger partial charge in [0.2, 0.25) is 0 Å². The van der Waals surface area contributed by atoms with Gasteiger partial charge in [-0.2, -0.15) is 16.6 Å². The molecule has 1 aliphatic carbocycles. The Morgan fingerprint density at radius 1 is 1.45 bits per heavy atom. The van der Waals surface area contributed by atoms with Crippen LogP contribution in [0.5, 0.6) is 0 Å². The summed E-state index contributed by atoms with van der Waals surface area (Å²) in [7, 11) is 3.74. The fourth-order valence-electron chi connectivity index (χ4n) is 3.30. The summed E-state index contributed by atoms with van der Waals surface area (Å²) in [5.74, 6) is 0.233. The minimum absolute atomic E-state index is 0.129. The minimum Gasteiger partial charge on any atom is -0.383 e. The normalized spacial score (nSPS) is 22.2. The molecule has 3 rings (SSSR count). The second-order valence-electron chi connectivity index (χ2n) is 5.70. The zero-order valence-corrected chi connectivity index (χ0v) is 13.5. The van der Waals surface area contributed by atoms with Crippen LogP contribution in [0, 0.1) is 11.3 Å². The number of thiophene rings is 1. The summed E-state index contributed by atoms with van der Waals surface area (Å²) in [5, 5.41) is 17.3. The van der Waals surface area contributed by atoms with E-state index >= 15 is 0 Å². The molecule has 0 saturated heterocycles. The molecule has 0 fully saturated rings. The average Bonchev–Trinajstić information content (AvgIpc) is 2.99. The second kappa shape index (κ2) is 5.59. The van der Waals surface area contributed by atoms with Crippen LogP contribution in [-0.4, -0.2) is 29.9 Å². The molecule has 0 amide bonds. The third-order valence-corrected chi connectivity index (χ3v) is 4.86. The molecule has 2 aliphatic rings. The van der Waals surface area contributed by atoms with E-state index in [-0.39, 0.29) is 11.7 Å². The highest BCUT2D eigenvalue weighted by Crippen LogP contribution is 2.45. The summed E-state index contributed by atoms with van der Waals surface area (Å²) in [6, 6.07) is 4.21. The van der Waals surface area contributed by atoms with Gasteiger partial charge in [-0.25, -0.2) is 5.01 Å². The minimum atomic E-state index is -0.324. The van der Waals surface area contributed by atoms with E-state index in [1.807, 2.05) is 40.9 Å². The molecule has 0 unspecified atom stereocenters. The van der Waals surface area contributed by atoms with E-state index in [0.29, 0.717) is 17.8 Å². The van der Waals surface area contributed by atoms with Gasteiger partial charge in [0.25, 0.3) is 0 Å². The smallest absolute Gasteiger partial charge is 0.161 e. The van der Waals surface area contributed by atoms with E-state index in [1.54, 1.807) is 11.3 Å². The number of nitrogens with two attached hydrogens (primary N) is 1. The van der Waals surface area contributed by atoms with Crippen molar-refractivity contribution in [3.63, 3.8) is 0 Å². The largest absolute Gasteiger partial charge is 0.383 e. The highest BCUT2D eigenvalue weighted by molar-refractivity contribution is 7.08. The van der Waals surface area contributed by atoms with Crippen LogP contribution in [0.25, 0.3) is 0 Å². The van der Waals surface area contributed by atoms with E-state index < -0.39 is 0 Å². The Labute approximate surface area is 133 Å². The van der Waals surface area contributed by atoms with Gasteiger partial charge in [0.1, 0.15) is 5.82 Å². The molecular formula is C16H18N4OS. The topological polar surface area (TPSA) is 73.4 Å². The number of hydrogen-bond acceptors (Lipinski definition) is 6. The Bertz CT molecular complexity index is 709. The lowest BCUT2D eigenvalue weighted by atomic mass is 9.77. The third kappa shape index (κ3) is 2.14. The van der Waals surface area contributed by atoms with Crippen molar-refractivity contribution in [3.05, 3.63) is 45.1 Å². The maximum absolute atomic E-state index is 12.6. The number of rotatable bonds is 2. The number of nitriles is 1. The quantitative estimate of drug-likeness (QED) is 0.907. The van der Waals surface area contributed by atoms with Crippen molar-refractivity contribution in [2.45, 2.75) is 25.2 Å². The lowest BCUT2D eigenvalue weighted by Crippen LogP contribution is -2.45. The predicted octanol–water partition coefficient (Wildman–Crippen LogP) is 2.32. The molecule has 1 atom stereocenters. The van der Waals surface area contributed by atoms with Crippen molar-refractivity contribution < 1.29 is 4.79 Å². The van der Waals surface area contributed by atoms with Crippen LogP contribution >= 0.6 is 11.3 Å². The lowest BCUT2D eigenvalue weighted by molar-refractivity contribution is -0.116. The van der Waals surface area contributed by atoms with Gasteiger partial charge < -0.3 is 5.73 Å². The van der Waals surface area contributed by atoms with Gasteiger partial charge in [0.05, 0.1) is 17.6 Å². The van der Waals surface area contributed by atoms with Crippen LogP contribution in [0.4, 0.5) is 0 Å². The number of hydrazine groups is 1. The average molecular weight is 314 g/mol. The summed E-state index contributed by atoms with van der Waals surface area (Å²) in [6.07, 6.45) is 2.17. The molecule has 0 bridgehead atoms. The molecular weight excluding hydrogens is 296 g/mol. The van der Waals surface area contributed by atoms with Crippen LogP contribution in [0.3, 0.4) is 0 Å². The maximum Gasteiger partial charge on any atom is 0.161 e. The molecule has 0 spiro atoms. The Morgan fingerprint density at radius 3 is 2.82 bits per heavy atom. The number of hydrogen-bond donors (Lipinski definition) is 1. The fraction of sp³-hybridized carbons (Fsp3) is 0.375. The van der Waals surface area contributed by atoms with Crippen molar-refractivity contribution in [2.24, 2.45) is 5.73 Å². The van der Waals surface area contributed by atoms with Crippen molar-refractivity contribution in [1.82, 2.24) is 10.0 Å². The Hall–Kier alpha value is -2.10. The first-order valence-electron chi connectivity index (χ1n) is 7.21. The number of carbonyl (C=O) groups is 1. The van der Waals surface area contributed by atoms with E-state index in [2.05, 4.69) is 6.07 Å². The lowest BCUT2D eigenvalue weighted by Gasteiger charge is -2.42. The molecule has 2 N–H and O–H groups in total. The first-order chi connectivity index (χ1) is 10.6. The van der Waals surface area contributed by atoms with Gasteiger partial charge in [0.15, 0.2) is 5.78 Å². The standard InChI is InChI=1S/C16H18N4OS/c1-19(2)20-12-4-3-5-13(21)15(12)14(10-6-7-22-9-10)11(8-17)16(20)18/h6-7,9,14H,3-5,18H2,1-2H3/t14-/m1/s1. The van der Waals surface area contributed by atoms with Gasteiger partial charge >= 0.3 is 0 Å². The SMILES string of the molecule is CN(C)N1C(N)=C(C#N)[C@@H](c2ccsc2)C2=C1CCCC2=O. The van der Waals surface area contributed by atoms with Crippen LogP contribution in [0.1, 0.15) is 30.7 Å². The number of allylic oxidation sites excluding steroid dienone is 3. The van der Waals surface area contributed by atoms with Gasteiger partial charge in [0, 0.05) is 31.8 Å². The molecule has 114 valence electrons. The monoisotopic (exact) mass is 314 g/mol. The Kier molecular flexibility index (Phi) is 3.77. The zero-order valence-electron chi connectivity index (χ0n) is 12.7. The third-order valence-electron chi connectivity index (χ3n) is 4.16. The molecule has 2 heterocycles. The van der Waals surface area contributed by atoms with Crippen molar-refractivity contribution in [3.8, 4) is 6.07 Å². The van der Waals surface area contributed by atoms with E-state index in [9.17, 15) is 10.1 Å². The molecule has 22 heavy (non-hydrogen) atoms. The van der Waals surface area contributed by atoms with Gasteiger partial charge in [-0.15, -0.1) is 0 Å². The first-order valence-corrected chi connectivity index (χ1v) is 8.16. The van der Waals surface area contributed by atoms with E-state index in [0.717, 1.165) is 29.7 Å². The number of carbonyl (C=O) groups excluding carboxylic acids is 1. The number of nitrogens with zero attached hydrogens (tertiary/aromatic N) is 3. The maximum atomic E-state index is 12.6. The predicted molar refractivity (Wildman–Crippen MR) is 85.3 cm³/mol. The molecule has 0 saturated carbocycles. The molecule has 1 aromatic heterocycles. The van der Waals surface area contributed by atoms with Crippen LogP contribution in [0.2, 0.25) is 0 Å². The second-order valence-corrected chi connectivity index (χ2v) is 6.48. The van der Waals surface area contributed by atoms with E-state index in [4.69, 9.17) is 5.73 Å². The number of Topliss-reactive ketones (excluding diaryl/α,β-unsaturated/α-hetero) is 1. The summed E-state index contributed by atoms with van der Waals surface area (Å²) in [5.41, 5.74) is 9.40. The molecule has 1 aromatic rings. The Morgan fingerprint density at radius 2 is 2.23 bits per heavy atom. The van der Waals surface area contributed by atoms with Gasteiger partial charge in [-0.3, -0.25) is 9.80 Å². The molecule has 5 nitrogen and oxygen atoms in total. The summed E-state index contributed by atoms with van der Waals surface area (Å²) in [4.78, 5) is 12.6. The van der Waals surface area contributed by atoms with Crippen LogP contribution in [0.15, 0.2) is 39.5 Å². The van der Waals surface area contributed by atoms with Crippen molar-refractivity contribution >= 4 is 17.1 Å². The van der Waals surface area contributed by atoms with Gasteiger partial charge in [-0.05, 0) is 35.2 Å². The Balaban J connectivity index is 2.25. The van der Waals surface area contributed by atoms with Crippen LogP contribution in [-0.2, 0) is 4.79 Å². The molecule has 0 aromatic carbocycles. The summed E-state index contributed by atoms with van der Waals surface area (Å²) in [6.45, 7) is 0. The molecule has 1 aliphatic heterocycles. The fourth-order valence-corrected chi connectivity index (χ4v) is 3.98. The highest BCUT2D eigenvalue weighted by Gasteiger charge is 2.40. The highest BCUT2D eigenvalue weighted by atomic mass is 32.1. The van der Waals surface area contributed by atoms with Gasteiger partial charge in [-0.1, -0.05) is 0 Å². The first kappa shape index (κ1) is 14.8. The van der Waals surface area contributed by atoms with Crippen molar-refractivity contribution in [1.29, 1.82) is 5.26 Å². The van der Waals surface area contributed by atoms with E-state index in [1.165, 1.54) is 0 Å². The molecule has 0 radical (unpaired) electrons. The molecule has 6 heteroatoms.